The fourth-order valence-electron chi connectivity index (χ4n) is 1.21. The SMILES string of the molecule is CCC(C)Cc1cccc(Br)c1. The summed E-state index contributed by atoms with van der Waals surface area (Å²) < 4.78 is 1.18. The Balaban J connectivity index is 2.63. The van der Waals surface area contributed by atoms with Crippen LogP contribution in [-0.4, -0.2) is 0 Å². The van der Waals surface area contributed by atoms with E-state index in [4.69, 9.17) is 0 Å². The molecule has 0 saturated carbocycles. The number of hydrogen-bond donors (Lipinski definition) is 0. The largest absolute Gasteiger partial charge is 0.0651 e. The van der Waals surface area contributed by atoms with E-state index in [1.165, 1.54) is 22.9 Å². The van der Waals surface area contributed by atoms with Crippen LogP contribution in [0.4, 0.5) is 0 Å². The first-order valence-corrected chi connectivity index (χ1v) is 5.26. The lowest BCUT2D eigenvalue weighted by atomic mass is 9.99. The highest BCUT2D eigenvalue weighted by Gasteiger charge is 2.00. The predicted molar refractivity (Wildman–Crippen MR) is 57.3 cm³/mol. The molecular formula is C11H15Br. The zero-order valence-electron chi connectivity index (χ0n) is 7.68. The van der Waals surface area contributed by atoms with Gasteiger partial charge in [0.25, 0.3) is 0 Å². The van der Waals surface area contributed by atoms with E-state index in [1.54, 1.807) is 0 Å². The Hall–Kier alpha value is -0.300. The number of hydrogen-bond acceptors (Lipinski definition) is 0. The smallest absolute Gasteiger partial charge is 0.0177 e. The van der Waals surface area contributed by atoms with E-state index in [1.807, 2.05) is 0 Å². The summed E-state index contributed by atoms with van der Waals surface area (Å²) in [5.41, 5.74) is 1.43. The predicted octanol–water partition coefficient (Wildman–Crippen LogP) is 4.04. The van der Waals surface area contributed by atoms with E-state index >= 15 is 0 Å². The molecule has 0 aliphatic heterocycles. The van der Waals surface area contributed by atoms with Gasteiger partial charge in [-0.1, -0.05) is 48.3 Å². The minimum Gasteiger partial charge on any atom is -0.0651 e. The molecule has 1 heteroatoms. The van der Waals surface area contributed by atoms with Crippen LogP contribution in [0.1, 0.15) is 25.8 Å². The number of halogens is 1. The molecule has 0 spiro atoms. The summed E-state index contributed by atoms with van der Waals surface area (Å²) >= 11 is 3.47. The second-order valence-corrected chi connectivity index (χ2v) is 4.26. The first-order valence-electron chi connectivity index (χ1n) is 4.46. The summed E-state index contributed by atoms with van der Waals surface area (Å²) in [4.78, 5) is 0. The number of rotatable bonds is 3. The van der Waals surface area contributed by atoms with Crippen LogP contribution in [0.15, 0.2) is 28.7 Å². The molecule has 12 heavy (non-hydrogen) atoms. The van der Waals surface area contributed by atoms with Crippen molar-refractivity contribution in [3.63, 3.8) is 0 Å². The maximum Gasteiger partial charge on any atom is 0.0177 e. The van der Waals surface area contributed by atoms with E-state index in [0.717, 1.165) is 5.92 Å². The third-order valence-corrected chi connectivity index (χ3v) is 2.66. The molecule has 0 amide bonds. The zero-order chi connectivity index (χ0) is 8.97. The second kappa shape index (κ2) is 4.66. The monoisotopic (exact) mass is 226 g/mol. The van der Waals surface area contributed by atoms with Gasteiger partial charge in [-0.05, 0) is 30.0 Å². The Morgan fingerprint density at radius 1 is 1.42 bits per heavy atom. The van der Waals surface area contributed by atoms with Crippen LogP contribution in [0, 0.1) is 5.92 Å². The quantitative estimate of drug-likeness (QED) is 0.731. The molecule has 0 nitrogen and oxygen atoms in total. The fourth-order valence-corrected chi connectivity index (χ4v) is 1.66. The first-order chi connectivity index (χ1) is 5.72. The van der Waals surface area contributed by atoms with Gasteiger partial charge in [-0.25, -0.2) is 0 Å². The Labute approximate surface area is 83.1 Å². The average molecular weight is 227 g/mol. The molecule has 0 aliphatic carbocycles. The van der Waals surface area contributed by atoms with Crippen LogP contribution in [-0.2, 0) is 6.42 Å². The van der Waals surface area contributed by atoms with E-state index in [9.17, 15) is 0 Å². The van der Waals surface area contributed by atoms with E-state index < -0.39 is 0 Å². The molecule has 0 radical (unpaired) electrons. The van der Waals surface area contributed by atoms with Crippen LogP contribution < -0.4 is 0 Å². The van der Waals surface area contributed by atoms with Gasteiger partial charge in [-0.15, -0.1) is 0 Å². The molecule has 66 valence electrons. The highest BCUT2D eigenvalue weighted by molar-refractivity contribution is 9.10. The molecular weight excluding hydrogens is 212 g/mol. The van der Waals surface area contributed by atoms with E-state index in [0.29, 0.717) is 0 Å². The summed E-state index contributed by atoms with van der Waals surface area (Å²) in [6.45, 7) is 4.53. The Morgan fingerprint density at radius 2 is 2.17 bits per heavy atom. The van der Waals surface area contributed by atoms with Crippen LogP contribution in [0.3, 0.4) is 0 Å². The van der Waals surface area contributed by atoms with Crippen molar-refractivity contribution in [3.8, 4) is 0 Å². The molecule has 0 aliphatic rings. The van der Waals surface area contributed by atoms with Gasteiger partial charge in [0.1, 0.15) is 0 Å². The molecule has 0 heterocycles. The third kappa shape index (κ3) is 2.98. The summed E-state index contributed by atoms with van der Waals surface area (Å²) in [7, 11) is 0. The Bertz CT molecular complexity index is 243. The molecule has 1 rings (SSSR count). The van der Waals surface area contributed by atoms with Gasteiger partial charge >= 0.3 is 0 Å². The molecule has 1 aromatic rings. The van der Waals surface area contributed by atoms with Crippen molar-refractivity contribution in [1.82, 2.24) is 0 Å². The minimum absolute atomic E-state index is 0.791. The molecule has 0 N–H and O–H groups in total. The lowest BCUT2D eigenvalue weighted by Gasteiger charge is -2.07. The van der Waals surface area contributed by atoms with Gasteiger partial charge in [-0.3, -0.25) is 0 Å². The minimum atomic E-state index is 0.791. The zero-order valence-corrected chi connectivity index (χ0v) is 9.26. The lowest BCUT2D eigenvalue weighted by Crippen LogP contribution is -1.97. The summed E-state index contributed by atoms with van der Waals surface area (Å²) in [6, 6.07) is 8.56. The Morgan fingerprint density at radius 3 is 2.75 bits per heavy atom. The molecule has 1 aromatic carbocycles. The molecule has 1 unspecified atom stereocenters. The number of benzene rings is 1. The molecule has 1 atom stereocenters. The Kier molecular flexibility index (Phi) is 3.80. The summed E-state index contributed by atoms with van der Waals surface area (Å²) in [5.74, 6) is 0.791. The highest BCUT2D eigenvalue weighted by atomic mass is 79.9. The van der Waals surface area contributed by atoms with Crippen molar-refractivity contribution >= 4 is 15.9 Å². The first kappa shape index (κ1) is 9.79. The van der Waals surface area contributed by atoms with Crippen LogP contribution in [0.25, 0.3) is 0 Å². The molecule has 0 bridgehead atoms. The lowest BCUT2D eigenvalue weighted by molar-refractivity contribution is 0.560. The van der Waals surface area contributed by atoms with E-state index in [-0.39, 0.29) is 0 Å². The molecule has 0 saturated heterocycles. The van der Waals surface area contributed by atoms with Crippen molar-refractivity contribution in [3.05, 3.63) is 34.3 Å². The summed E-state index contributed by atoms with van der Waals surface area (Å²) in [6.07, 6.45) is 2.45. The van der Waals surface area contributed by atoms with Gasteiger partial charge in [-0.2, -0.15) is 0 Å². The van der Waals surface area contributed by atoms with Crippen LogP contribution >= 0.6 is 15.9 Å². The van der Waals surface area contributed by atoms with Crippen molar-refractivity contribution in [2.45, 2.75) is 26.7 Å². The maximum absolute atomic E-state index is 3.47. The third-order valence-electron chi connectivity index (χ3n) is 2.17. The van der Waals surface area contributed by atoms with Gasteiger partial charge in [0.2, 0.25) is 0 Å². The van der Waals surface area contributed by atoms with Gasteiger partial charge < -0.3 is 0 Å². The molecule has 0 aromatic heterocycles. The van der Waals surface area contributed by atoms with Gasteiger partial charge in [0.15, 0.2) is 0 Å². The van der Waals surface area contributed by atoms with E-state index in [2.05, 4.69) is 54.0 Å². The highest BCUT2D eigenvalue weighted by Crippen LogP contribution is 2.16. The second-order valence-electron chi connectivity index (χ2n) is 3.35. The fraction of sp³-hybridized carbons (Fsp3) is 0.455. The summed E-state index contributed by atoms with van der Waals surface area (Å²) in [5, 5.41) is 0. The van der Waals surface area contributed by atoms with Crippen LogP contribution in [0.2, 0.25) is 0 Å². The average Bonchev–Trinajstić information content (AvgIpc) is 2.04. The normalized spacial score (nSPS) is 12.9. The topological polar surface area (TPSA) is 0 Å². The van der Waals surface area contributed by atoms with Gasteiger partial charge in [0, 0.05) is 4.47 Å². The van der Waals surface area contributed by atoms with Crippen molar-refractivity contribution in [2.75, 3.05) is 0 Å². The van der Waals surface area contributed by atoms with Crippen molar-refractivity contribution in [2.24, 2.45) is 5.92 Å². The van der Waals surface area contributed by atoms with Gasteiger partial charge in [0.05, 0.1) is 0 Å². The van der Waals surface area contributed by atoms with Crippen LogP contribution in [0.5, 0.6) is 0 Å². The maximum atomic E-state index is 3.47. The van der Waals surface area contributed by atoms with Crippen molar-refractivity contribution in [1.29, 1.82) is 0 Å². The standard InChI is InChI=1S/C11H15Br/c1-3-9(2)7-10-5-4-6-11(12)8-10/h4-6,8-9H,3,7H2,1-2H3. The van der Waals surface area contributed by atoms with Crippen molar-refractivity contribution < 1.29 is 0 Å². The molecule has 0 fully saturated rings.